The van der Waals surface area contributed by atoms with Crippen LogP contribution in [0, 0.1) is 5.41 Å². The normalized spacial score (nSPS) is 23.4. The van der Waals surface area contributed by atoms with E-state index in [4.69, 9.17) is 28.7 Å². The van der Waals surface area contributed by atoms with Gasteiger partial charge in [0.25, 0.3) is 0 Å². The average Bonchev–Trinajstić information content (AvgIpc) is 3.92. The highest BCUT2D eigenvalue weighted by atomic mass is 16.5. The van der Waals surface area contributed by atoms with Crippen LogP contribution in [0.1, 0.15) is 69.9 Å². The molecule has 0 bridgehead atoms. The Hall–Kier alpha value is -5.31. The van der Waals surface area contributed by atoms with E-state index in [0.29, 0.717) is 32.7 Å². The largest absolute Gasteiger partial charge is 0.453 e. The minimum atomic E-state index is -0.869. The van der Waals surface area contributed by atoms with Gasteiger partial charge >= 0.3 is 12.2 Å². The zero-order chi connectivity index (χ0) is 43.0. The first-order chi connectivity index (χ1) is 29.5. The number of nitrogens with one attached hydrogen (secondary N) is 2. The molecule has 0 radical (unpaired) electrons. The first-order valence-electron chi connectivity index (χ1n) is 21.3. The third-order valence-electron chi connectivity index (χ3n) is 13.8. The van der Waals surface area contributed by atoms with Gasteiger partial charge in [-0.2, -0.15) is 0 Å². The molecule has 0 aromatic heterocycles. The Bertz CT molecular complexity index is 2170. The number of allylic oxidation sites excluding steroid dienone is 2. The predicted molar refractivity (Wildman–Crippen MR) is 229 cm³/mol. The van der Waals surface area contributed by atoms with Crippen LogP contribution in [0.4, 0.5) is 9.59 Å². The molecule has 4 heterocycles. The van der Waals surface area contributed by atoms with Crippen LogP contribution < -0.4 is 10.6 Å². The van der Waals surface area contributed by atoms with Crippen LogP contribution in [0.5, 0.6) is 0 Å². The molecule has 2 aliphatic carbocycles. The zero-order valence-corrected chi connectivity index (χ0v) is 36.0. The Balaban J connectivity index is 0.922. The van der Waals surface area contributed by atoms with Crippen molar-refractivity contribution in [2.45, 2.75) is 95.2 Å². The van der Waals surface area contributed by atoms with E-state index in [1.54, 1.807) is 13.8 Å². The van der Waals surface area contributed by atoms with Gasteiger partial charge in [0.2, 0.25) is 11.8 Å². The molecule has 6 aliphatic rings. The number of rotatable bonds is 13. The molecule has 4 amide bonds. The van der Waals surface area contributed by atoms with Crippen LogP contribution in [0.2, 0.25) is 0 Å². The van der Waals surface area contributed by atoms with E-state index in [2.05, 4.69) is 59.2 Å². The number of methoxy groups -OCH3 is 4. The van der Waals surface area contributed by atoms with E-state index >= 15 is 0 Å². The summed E-state index contributed by atoms with van der Waals surface area (Å²) in [5.41, 5.74) is 11.5. The molecule has 4 aliphatic heterocycles. The highest BCUT2D eigenvalue weighted by Gasteiger charge is 2.55. The van der Waals surface area contributed by atoms with Gasteiger partial charge in [0.15, 0.2) is 0 Å². The number of nitrogens with zero attached hydrogens (tertiary/aromatic N) is 3. The molecule has 61 heavy (non-hydrogen) atoms. The summed E-state index contributed by atoms with van der Waals surface area (Å²) in [7, 11) is 5.62. The number of likely N-dealkylation sites (tertiary alicyclic amines) is 2. The first-order valence-corrected chi connectivity index (χ1v) is 21.3. The van der Waals surface area contributed by atoms with Crippen LogP contribution in [-0.4, -0.2) is 131 Å². The fourth-order valence-electron chi connectivity index (χ4n) is 9.83. The smallest absolute Gasteiger partial charge is 0.407 e. The second kappa shape index (κ2) is 17.6. The number of carbonyl (C=O) groups is 4. The quantitative estimate of drug-likeness (QED) is 0.250. The third kappa shape index (κ3) is 8.37. The Morgan fingerprint density at radius 3 is 1.85 bits per heavy atom. The number of aliphatic imine (C=N–C) groups is 1. The van der Waals surface area contributed by atoms with Crippen molar-refractivity contribution >= 4 is 40.9 Å². The summed E-state index contributed by atoms with van der Waals surface area (Å²) in [6.07, 6.45) is 5.68. The van der Waals surface area contributed by atoms with Crippen molar-refractivity contribution in [1.82, 2.24) is 20.4 Å². The van der Waals surface area contributed by atoms with Gasteiger partial charge in [-0.1, -0.05) is 48.5 Å². The third-order valence-corrected chi connectivity index (χ3v) is 13.8. The van der Waals surface area contributed by atoms with Gasteiger partial charge in [-0.3, -0.25) is 14.6 Å². The number of carbonyl (C=O) groups excluding carboxylic acids is 4. The number of fused-ring (bicyclic) bond motifs is 1. The molecular formula is C47H57N5O9. The molecular weight excluding hydrogens is 779 g/mol. The van der Waals surface area contributed by atoms with Crippen molar-refractivity contribution in [1.29, 1.82) is 0 Å². The predicted octanol–water partition coefficient (Wildman–Crippen LogP) is 5.91. The van der Waals surface area contributed by atoms with Crippen LogP contribution in [0.3, 0.4) is 0 Å². The van der Waals surface area contributed by atoms with Crippen LogP contribution >= 0.6 is 0 Å². The van der Waals surface area contributed by atoms with Gasteiger partial charge in [-0.05, 0) is 108 Å². The second-order valence-electron chi connectivity index (χ2n) is 17.2. The van der Waals surface area contributed by atoms with E-state index in [1.165, 1.54) is 50.7 Å². The van der Waals surface area contributed by atoms with Crippen molar-refractivity contribution in [3.63, 3.8) is 0 Å². The molecule has 1 spiro atoms. The van der Waals surface area contributed by atoms with Crippen molar-refractivity contribution < 1.29 is 42.9 Å². The maximum absolute atomic E-state index is 14.0. The van der Waals surface area contributed by atoms with Gasteiger partial charge in [0, 0.05) is 45.6 Å². The zero-order valence-electron chi connectivity index (χ0n) is 36.0. The topological polar surface area (TPSA) is 157 Å². The summed E-state index contributed by atoms with van der Waals surface area (Å²) in [6, 6.07) is 15.3. The monoisotopic (exact) mass is 835 g/mol. The number of amides is 4. The summed E-state index contributed by atoms with van der Waals surface area (Å²) in [5.74, 6) is -0.350. The lowest BCUT2D eigenvalue weighted by molar-refractivity contribution is -0.137. The van der Waals surface area contributed by atoms with Crippen LogP contribution in [0.15, 0.2) is 76.4 Å². The fraction of sp³-hybridized carbons (Fsp3) is 0.511. The standard InChI is InChI=1S/C47H57N5O9/c1-27(57-3)41(49-45(55)59-5)43(53)51-19-7-8-39(51)35-21-34(36-24-61-25-37(35)36)32-15-13-30(14-16-32)29-9-11-31(12-10-29)33-20-38(48-23-33)40-22-47(17-18-47)26-52(40)44(54)42(28(2)58-4)50-46(56)60-6/h9-16,23,27-28,39-42H,7-8,17-22,24-26H2,1-6H3,(H,49,55)(H,50,56)/t27-,28-,39+,40+,41+,42+/m1/s1. The number of hydrogen-bond donors (Lipinski definition) is 2. The van der Waals surface area contributed by atoms with E-state index < -0.39 is 36.5 Å². The lowest BCUT2D eigenvalue weighted by Gasteiger charge is -2.32. The molecule has 0 unspecified atom stereocenters. The highest BCUT2D eigenvalue weighted by Crippen LogP contribution is 2.56. The van der Waals surface area contributed by atoms with Gasteiger partial charge < -0.3 is 44.1 Å². The molecule has 14 nitrogen and oxygen atoms in total. The molecule has 2 aromatic rings. The number of hydrogen-bond acceptors (Lipinski definition) is 10. The summed E-state index contributed by atoms with van der Waals surface area (Å²) in [4.78, 5) is 61.0. The minimum absolute atomic E-state index is 0.0845. The molecule has 6 atom stereocenters. The summed E-state index contributed by atoms with van der Waals surface area (Å²) in [6.45, 7) is 5.87. The summed E-state index contributed by atoms with van der Waals surface area (Å²) >= 11 is 0. The Morgan fingerprint density at radius 1 is 0.721 bits per heavy atom. The molecule has 2 aromatic carbocycles. The van der Waals surface area contributed by atoms with Crippen molar-refractivity contribution in [3.8, 4) is 11.1 Å². The maximum atomic E-state index is 14.0. The van der Waals surface area contributed by atoms with Crippen molar-refractivity contribution in [2.24, 2.45) is 10.4 Å². The van der Waals surface area contributed by atoms with Crippen LogP contribution in [0.25, 0.3) is 22.3 Å². The number of ether oxygens (including phenoxy) is 5. The Labute approximate surface area is 357 Å². The van der Waals surface area contributed by atoms with Crippen LogP contribution in [-0.2, 0) is 33.3 Å². The molecule has 8 rings (SSSR count). The Kier molecular flexibility index (Phi) is 12.2. The van der Waals surface area contributed by atoms with E-state index in [0.717, 1.165) is 72.1 Å². The average molecular weight is 836 g/mol. The lowest BCUT2D eigenvalue weighted by atomic mass is 9.93. The number of alkyl carbamates (subject to hydrolysis) is 2. The van der Waals surface area contributed by atoms with Gasteiger partial charge in [0.1, 0.15) is 12.1 Å². The van der Waals surface area contributed by atoms with Gasteiger partial charge in [-0.15, -0.1) is 0 Å². The fourth-order valence-corrected chi connectivity index (χ4v) is 9.83. The molecule has 2 N–H and O–H groups in total. The lowest BCUT2D eigenvalue weighted by Crippen LogP contribution is -2.56. The van der Waals surface area contributed by atoms with E-state index in [-0.39, 0.29) is 29.3 Å². The summed E-state index contributed by atoms with van der Waals surface area (Å²) in [5, 5.41) is 5.39. The molecule has 4 fully saturated rings. The number of benzene rings is 2. The highest BCUT2D eigenvalue weighted by molar-refractivity contribution is 6.04. The second-order valence-corrected chi connectivity index (χ2v) is 17.2. The molecule has 3 saturated heterocycles. The minimum Gasteiger partial charge on any atom is -0.453 e. The molecule has 14 heteroatoms. The molecule has 324 valence electrons. The maximum Gasteiger partial charge on any atom is 0.407 e. The summed E-state index contributed by atoms with van der Waals surface area (Å²) < 4.78 is 26.6. The molecule has 1 saturated carbocycles. The van der Waals surface area contributed by atoms with Gasteiger partial charge in [-0.25, -0.2) is 9.59 Å². The van der Waals surface area contributed by atoms with Crippen molar-refractivity contribution in [2.75, 3.05) is 54.7 Å². The van der Waals surface area contributed by atoms with E-state index in [9.17, 15) is 19.2 Å². The van der Waals surface area contributed by atoms with E-state index in [1.807, 2.05) is 16.0 Å². The SMILES string of the molecule is COC(=O)N[C@H](C(=O)N1CC2(CC2)C[C@H]1C1=NC=C(c2ccc(-c3ccc(C4=C5COCC5=C([C@@H]5CCCN5C(=O)[C@@H](NC(=O)OC)[C@@H](C)OC)C4)cc3)cc2)C1)[C@@H](C)OC. The van der Waals surface area contributed by atoms with Gasteiger partial charge in [0.05, 0.1) is 51.7 Å². The first kappa shape index (κ1) is 42.4. The van der Waals surface area contributed by atoms with Crippen molar-refractivity contribution in [3.05, 3.63) is 82.6 Å². The Morgan fingerprint density at radius 2 is 1.28 bits per heavy atom.